The maximum atomic E-state index is 13.2. The molecule has 0 unspecified atom stereocenters. The molecule has 1 N–H and O–H groups in total. The zero-order valence-electron chi connectivity index (χ0n) is 14.7. The molecule has 2 heterocycles. The number of carbonyl (C=O) groups is 2. The van der Waals surface area contributed by atoms with Crippen LogP contribution in [0.1, 0.15) is 24.3 Å². The van der Waals surface area contributed by atoms with Crippen molar-refractivity contribution in [3.8, 4) is 5.69 Å². The minimum absolute atomic E-state index is 0.0506. The van der Waals surface area contributed by atoms with Gasteiger partial charge in [-0.25, -0.2) is 4.39 Å². The minimum atomic E-state index is -0.352. The minimum Gasteiger partial charge on any atom is -0.339 e. The SMILES string of the molecule is CC(C)C(=O)N1CCN(C(=O)c2c[nH]c(=S)n2-c2ccc(F)cc2)CC1. The average Bonchev–Trinajstić information content (AvgIpc) is 3.02. The molecule has 138 valence electrons. The maximum Gasteiger partial charge on any atom is 0.272 e. The zero-order valence-corrected chi connectivity index (χ0v) is 15.6. The van der Waals surface area contributed by atoms with Gasteiger partial charge in [-0.05, 0) is 36.5 Å². The summed E-state index contributed by atoms with van der Waals surface area (Å²) >= 11 is 5.28. The number of H-pyrrole nitrogens is 1. The van der Waals surface area contributed by atoms with E-state index in [4.69, 9.17) is 12.2 Å². The van der Waals surface area contributed by atoms with Crippen LogP contribution in [0.25, 0.3) is 5.69 Å². The van der Waals surface area contributed by atoms with Crippen LogP contribution in [0.2, 0.25) is 0 Å². The second kappa shape index (κ2) is 7.41. The molecule has 0 radical (unpaired) electrons. The predicted molar refractivity (Wildman–Crippen MR) is 98.2 cm³/mol. The number of imidazole rings is 1. The van der Waals surface area contributed by atoms with Gasteiger partial charge in [0.15, 0.2) is 4.77 Å². The van der Waals surface area contributed by atoms with Crippen molar-refractivity contribution in [2.75, 3.05) is 26.2 Å². The molecule has 8 heteroatoms. The number of piperazine rings is 1. The predicted octanol–water partition coefficient (Wildman–Crippen LogP) is 2.61. The van der Waals surface area contributed by atoms with Crippen molar-refractivity contribution in [2.45, 2.75) is 13.8 Å². The van der Waals surface area contributed by atoms with Crippen molar-refractivity contribution < 1.29 is 14.0 Å². The third-order valence-electron chi connectivity index (χ3n) is 4.45. The molecule has 0 bridgehead atoms. The Morgan fingerprint density at radius 1 is 1.08 bits per heavy atom. The number of benzene rings is 1. The molecule has 6 nitrogen and oxygen atoms in total. The molecule has 1 fully saturated rings. The highest BCUT2D eigenvalue weighted by Gasteiger charge is 2.27. The first-order chi connectivity index (χ1) is 12.4. The lowest BCUT2D eigenvalue weighted by Gasteiger charge is -2.35. The Morgan fingerprint density at radius 2 is 1.65 bits per heavy atom. The van der Waals surface area contributed by atoms with Gasteiger partial charge in [-0.3, -0.25) is 14.2 Å². The summed E-state index contributed by atoms with van der Waals surface area (Å²) in [4.78, 5) is 31.4. The Kier molecular flexibility index (Phi) is 5.22. The van der Waals surface area contributed by atoms with Gasteiger partial charge in [0.25, 0.3) is 5.91 Å². The smallest absolute Gasteiger partial charge is 0.272 e. The van der Waals surface area contributed by atoms with E-state index < -0.39 is 0 Å². The van der Waals surface area contributed by atoms with E-state index in [-0.39, 0.29) is 23.5 Å². The van der Waals surface area contributed by atoms with Crippen molar-refractivity contribution in [1.29, 1.82) is 0 Å². The molecule has 1 aliphatic rings. The van der Waals surface area contributed by atoms with E-state index >= 15 is 0 Å². The van der Waals surface area contributed by atoms with Crippen LogP contribution in [-0.2, 0) is 4.79 Å². The summed E-state index contributed by atoms with van der Waals surface area (Å²) < 4.78 is 15.2. The molecule has 1 aromatic carbocycles. The standard InChI is InChI=1S/C18H21FN4O2S/c1-12(2)16(24)21-7-9-22(10-8-21)17(25)15-11-20-18(26)23(15)14-5-3-13(19)4-6-14/h3-6,11-12H,7-10H2,1-2H3,(H,20,26). The fraction of sp³-hybridized carbons (Fsp3) is 0.389. The molecule has 2 amide bonds. The molecular weight excluding hydrogens is 355 g/mol. The summed E-state index contributed by atoms with van der Waals surface area (Å²) in [5, 5.41) is 0. The van der Waals surface area contributed by atoms with E-state index in [1.54, 1.807) is 32.7 Å². The largest absolute Gasteiger partial charge is 0.339 e. The van der Waals surface area contributed by atoms with E-state index in [0.717, 1.165) is 0 Å². The molecule has 0 spiro atoms. The van der Waals surface area contributed by atoms with Crippen LogP contribution in [0.5, 0.6) is 0 Å². The van der Waals surface area contributed by atoms with Crippen LogP contribution in [0, 0.1) is 16.5 Å². The molecule has 0 atom stereocenters. The summed E-state index contributed by atoms with van der Waals surface area (Å²) in [6, 6.07) is 5.81. The third kappa shape index (κ3) is 3.55. The summed E-state index contributed by atoms with van der Waals surface area (Å²) in [7, 11) is 0. The second-order valence-electron chi connectivity index (χ2n) is 6.56. The highest BCUT2D eigenvalue weighted by atomic mass is 32.1. The van der Waals surface area contributed by atoms with Gasteiger partial charge in [0.05, 0.1) is 0 Å². The number of aromatic amines is 1. The number of aromatic nitrogens is 2. The first-order valence-electron chi connectivity index (χ1n) is 8.53. The van der Waals surface area contributed by atoms with Gasteiger partial charge < -0.3 is 14.8 Å². The van der Waals surface area contributed by atoms with Crippen molar-refractivity contribution in [3.63, 3.8) is 0 Å². The van der Waals surface area contributed by atoms with Gasteiger partial charge in [0.2, 0.25) is 5.91 Å². The summed E-state index contributed by atoms with van der Waals surface area (Å²) in [5.41, 5.74) is 1.01. The van der Waals surface area contributed by atoms with Crippen LogP contribution in [0.4, 0.5) is 4.39 Å². The number of nitrogens with zero attached hydrogens (tertiary/aromatic N) is 3. The molecule has 3 rings (SSSR count). The highest BCUT2D eigenvalue weighted by Crippen LogP contribution is 2.17. The first kappa shape index (κ1) is 18.3. The summed E-state index contributed by atoms with van der Waals surface area (Å²) in [5.74, 6) is -0.466. The van der Waals surface area contributed by atoms with Crippen molar-refractivity contribution >= 4 is 24.0 Å². The number of rotatable bonds is 3. The van der Waals surface area contributed by atoms with Gasteiger partial charge in [-0.1, -0.05) is 13.8 Å². The van der Waals surface area contributed by atoms with E-state index in [1.165, 1.54) is 12.1 Å². The van der Waals surface area contributed by atoms with Crippen LogP contribution in [-0.4, -0.2) is 57.3 Å². The molecule has 0 aliphatic carbocycles. The van der Waals surface area contributed by atoms with E-state index in [0.29, 0.717) is 42.3 Å². The fourth-order valence-corrected chi connectivity index (χ4v) is 3.29. The summed E-state index contributed by atoms with van der Waals surface area (Å²) in [6.45, 7) is 5.72. The lowest BCUT2D eigenvalue weighted by Crippen LogP contribution is -2.51. The van der Waals surface area contributed by atoms with Crippen molar-refractivity contribution in [3.05, 3.63) is 46.7 Å². The van der Waals surface area contributed by atoms with Gasteiger partial charge in [-0.2, -0.15) is 0 Å². The Morgan fingerprint density at radius 3 is 2.23 bits per heavy atom. The maximum absolute atomic E-state index is 13.2. The van der Waals surface area contributed by atoms with Crippen LogP contribution < -0.4 is 0 Å². The van der Waals surface area contributed by atoms with E-state index in [9.17, 15) is 14.0 Å². The molecule has 2 aromatic rings. The fourth-order valence-electron chi connectivity index (χ4n) is 3.03. The quantitative estimate of drug-likeness (QED) is 0.838. The Bertz CT molecular complexity index is 864. The Labute approximate surface area is 156 Å². The molecule has 1 aliphatic heterocycles. The van der Waals surface area contributed by atoms with Gasteiger partial charge in [0, 0.05) is 44.0 Å². The van der Waals surface area contributed by atoms with Crippen LogP contribution >= 0.6 is 12.2 Å². The Hall–Kier alpha value is -2.48. The highest BCUT2D eigenvalue weighted by molar-refractivity contribution is 7.71. The number of hydrogen-bond donors (Lipinski definition) is 1. The number of halogens is 1. The monoisotopic (exact) mass is 376 g/mol. The van der Waals surface area contributed by atoms with Crippen LogP contribution in [0.15, 0.2) is 30.5 Å². The van der Waals surface area contributed by atoms with Crippen molar-refractivity contribution in [1.82, 2.24) is 19.4 Å². The molecular formula is C18H21FN4O2S. The average molecular weight is 376 g/mol. The van der Waals surface area contributed by atoms with E-state index in [2.05, 4.69) is 4.98 Å². The first-order valence-corrected chi connectivity index (χ1v) is 8.93. The van der Waals surface area contributed by atoms with E-state index in [1.807, 2.05) is 13.8 Å². The lowest BCUT2D eigenvalue weighted by atomic mass is 10.1. The zero-order chi connectivity index (χ0) is 18.8. The number of nitrogens with one attached hydrogen (secondary N) is 1. The molecule has 0 saturated carbocycles. The van der Waals surface area contributed by atoms with Gasteiger partial charge in [-0.15, -0.1) is 0 Å². The molecule has 26 heavy (non-hydrogen) atoms. The normalized spacial score (nSPS) is 14.8. The number of hydrogen-bond acceptors (Lipinski definition) is 3. The summed E-state index contributed by atoms with van der Waals surface area (Å²) in [6.07, 6.45) is 1.57. The molecule has 1 aromatic heterocycles. The number of amides is 2. The third-order valence-corrected chi connectivity index (χ3v) is 4.75. The van der Waals surface area contributed by atoms with Crippen molar-refractivity contribution in [2.24, 2.45) is 5.92 Å². The van der Waals surface area contributed by atoms with Gasteiger partial charge >= 0.3 is 0 Å². The second-order valence-corrected chi connectivity index (χ2v) is 6.95. The topological polar surface area (TPSA) is 61.3 Å². The van der Waals surface area contributed by atoms with Crippen LogP contribution in [0.3, 0.4) is 0 Å². The number of carbonyl (C=O) groups excluding carboxylic acids is 2. The lowest BCUT2D eigenvalue weighted by molar-refractivity contribution is -0.135. The molecule has 1 saturated heterocycles. The Balaban J connectivity index is 1.79. The van der Waals surface area contributed by atoms with Gasteiger partial charge in [0.1, 0.15) is 11.5 Å².